The lowest BCUT2D eigenvalue weighted by molar-refractivity contribution is -0.133. The number of sulfone groups is 1. The number of hydrogen-bond donors (Lipinski definition) is 1. The van der Waals surface area contributed by atoms with Crippen LogP contribution in [0.3, 0.4) is 0 Å². The van der Waals surface area contributed by atoms with E-state index in [-0.39, 0.29) is 29.4 Å². The minimum atomic E-state index is -2.92. The van der Waals surface area contributed by atoms with Crippen molar-refractivity contribution >= 4 is 15.7 Å². The third-order valence-corrected chi connectivity index (χ3v) is 4.70. The van der Waals surface area contributed by atoms with E-state index in [0.717, 1.165) is 0 Å². The van der Waals surface area contributed by atoms with Crippen LogP contribution in [0.25, 0.3) is 0 Å². The Morgan fingerprint density at radius 1 is 1.25 bits per heavy atom. The summed E-state index contributed by atoms with van der Waals surface area (Å²) in [5, 5.41) is 0. The first-order chi connectivity index (χ1) is 7.48. The van der Waals surface area contributed by atoms with Crippen LogP contribution in [0.15, 0.2) is 12.2 Å². The highest BCUT2D eigenvalue weighted by Crippen LogP contribution is 2.20. The minimum absolute atomic E-state index is 0.0131. The molecular formula is C10H16N2O3S. The standard InChI is InChI=1S/C10H16N2O3S/c11-9-2-1-8(7-9)10(13)12-3-5-16(14,15)6-4-12/h1-2,8-9H,3-7,11H2. The quantitative estimate of drug-likeness (QED) is 0.609. The molecule has 16 heavy (non-hydrogen) atoms. The van der Waals surface area contributed by atoms with E-state index in [0.29, 0.717) is 19.5 Å². The number of carbonyl (C=O) groups excluding carboxylic acids is 1. The molecule has 0 aromatic carbocycles. The summed E-state index contributed by atoms with van der Waals surface area (Å²) in [6.07, 6.45) is 4.31. The second kappa shape index (κ2) is 4.18. The Morgan fingerprint density at radius 3 is 2.38 bits per heavy atom. The molecule has 6 heteroatoms. The summed E-state index contributed by atoms with van der Waals surface area (Å²) in [5.41, 5.74) is 5.68. The molecule has 2 N–H and O–H groups in total. The fourth-order valence-electron chi connectivity index (χ4n) is 2.08. The van der Waals surface area contributed by atoms with Crippen molar-refractivity contribution in [2.45, 2.75) is 12.5 Å². The van der Waals surface area contributed by atoms with Crippen molar-refractivity contribution in [1.29, 1.82) is 0 Å². The molecule has 2 unspecified atom stereocenters. The fourth-order valence-corrected chi connectivity index (χ4v) is 3.28. The zero-order chi connectivity index (χ0) is 11.8. The van der Waals surface area contributed by atoms with Gasteiger partial charge in [0.05, 0.1) is 17.4 Å². The normalized spacial score (nSPS) is 32.9. The fraction of sp³-hybridized carbons (Fsp3) is 0.700. The van der Waals surface area contributed by atoms with Crippen LogP contribution < -0.4 is 5.73 Å². The Bertz CT molecular complexity index is 402. The highest BCUT2D eigenvalue weighted by Gasteiger charge is 2.30. The van der Waals surface area contributed by atoms with E-state index in [1.165, 1.54) is 0 Å². The van der Waals surface area contributed by atoms with Crippen molar-refractivity contribution in [3.63, 3.8) is 0 Å². The molecule has 1 amide bonds. The van der Waals surface area contributed by atoms with Gasteiger partial charge in [0.1, 0.15) is 0 Å². The van der Waals surface area contributed by atoms with Gasteiger partial charge in [0.2, 0.25) is 5.91 Å². The van der Waals surface area contributed by atoms with Crippen LogP contribution in [0.5, 0.6) is 0 Å². The Balaban J connectivity index is 1.95. The van der Waals surface area contributed by atoms with E-state index in [9.17, 15) is 13.2 Å². The number of nitrogens with two attached hydrogens (primary N) is 1. The Morgan fingerprint density at radius 2 is 1.88 bits per heavy atom. The summed E-state index contributed by atoms with van der Waals surface area (Å²) in [4.78, 5) is 13.6. The Hall–Kier alpha value is -0.880. The summed E-state index contributed by atoms with van der Waals surface area (Å²) in [6, 6.07) is -0.0394. The van der Waals surface area contributed by atoms with E-state index in [1.807, 2.05) is 12.2 Å². The SMILES string of the molecule is NC1C=CC(C(=O)N2CCS(=O)(=O)CC2)C1. The number of nitrogens with zero attached hydrogens (tertiary/aromatic N) is 1. The number of carbonyl (C=O) groups is 1. The van der Waals surface area contributed by atoms with Crippen molar-refractivity contribution in [2.75, 3.05) is 24.6 Å². The summed E-state index contributed by atoms with van der Waals surface area (Å²) in [5.74, 6) is 0.0255. The summed E-state index contributed by atoms with van der Waals surface area (Å²) < 4.78 is 22.4. The minimum Gasteiger partial charge on any atom is -0.340 e. The van der Waals surface area contributed by atoms with Crippen LogP contribution in [0.4, 0.5) is 0 Å². The molecule has 1 fully saturated rings. The first kappa shape index (κ1) is 11.6. The molecule has 1 saturated heterocycles. The molecule has 5 nitrogen and oxygen atoms in total. The lowest BCUT2D eigenvalue weighted by Crippen LogP contribution is -2.46. The van der Waals surface area contributed by atoms with E-state index < -0.39 is 9.84 Å². The largest absolute Gasteiger partial charge is 0.340 e. The van der Waals surface area contributed by atoms with Gasteiger partial charge in [-0.2, -0.15) is 0 Å². The second-order valence-corrected chi connectivity index (χ2v) is 6.67. The van der Waals surface area contributed by atoms with Crippen LogP contribution in [0.1, 0.15) is 6.42 Å². The van der Waals surface area contributed by atoms with Gasteiger partial charge in [-0.05, 0) is 6.42 Å². The van der Waals surface area contributed by atoms with Gasteiger partial charge in [0.25, 0.3) is 0 Å². The van der Waals surface area contributed by atoms with Crippen molar-refractivity contribution in [1.82, 2.24) is 4.90 Å². The maximum absolute atomic E-state index is 12.0. The van der Waals surface area contributed by atoms with Crippen molar-refractivity contribution in [3.8, 4) is 0 Å². The van der Waals surface area contributed by atoms with E-state index >= 15 is 0 Å². The molecule has 0 spiro atoms. The van der Waals surface area contributed by atoms with Crippen LogP contribution in [0, 0.1) is 5.92 Å². The lowest BCUT2D eigenvalue weighted by atomic mass is 10.1. The molecule has 1 aliphatic heterocycles. The molecule has 2 rings (SSSR count). The second-order valence-electron chi connectivity index (χ2n) is 4.37. The lowest BCUT2D eigenvalue weighted by Gasteiger charge is -2.28. The molecule has 0 saturated carbocycles. The topological polar surface area (TPSA) is 80.5 Å². The third kappa shape index (κ3) is 2.44. The molecule has 1 heterocycles. The maximum Gasteiger partial charge on any atom is 0.229 e. The highest BCUT2D eigenvalue weighted by atomic mass is 32.2. The van der Waals surface area contributed by atoms with Gasteiger partial charge in [-0.15, -0.1) is 0 Å². The summed E-state index contributed by atoms with van der Waals surface area (Å²) in [6.45, 7) is 0.640. The van der Waals surface area contributed by atoms with Gasteiger partial charge < -0.3 is 10.6 Å². The first-order valence-corrected chi connectivity index (χ1v) is 7.23. The highest BCUT2D eigenvalue weighted by molar-refractivity contribution is 7.91. The predicted molar refractivity (Wildman–Crippen MR) is 60.5 cm³/mol. The van der Waals surface area contributed by atoms with Crippen LogP contribution >= 0.6 is 0 Å². The Labute approximate surface area is 95.2 Å². The molecular weight excluding hydrogens is 228 g/mol. The van der Waals surface area contributed by atoms with Crippen molar-refractivity contribution in [3.05, 3.63) is 12.2 Å². The molecule has 2 atom stereocenters. The number of amides is 1. The van der Waals surface area contributed by atoms with Crippen LogP contribution in [0.2, 0.25) is 0 Å². The van der Waals surface area contributed by atoms with E-state index in [2.05, 4.69) is 0 Å². The zero-order valence-electron chi connectivity index (χ0n) is 9.00. The summed E-state index contributed by atoms with van der Waals surface area (Å²) in [7, 11) is -2.92. The molecule has 90 valence electrons. The summed E-state index contributed by atoms with van der Waals surface area (Å²) >= 11 is 0. The van der Waals surface area contributed by atoms with Gasteiger partial charge in [-0.3, -0.25) is 4.79 Å². The predicted octanol–water partition coefficient (Wildman–Crippen LogP) is -0.853. The van der Waals surface area contributed by atoms with Crippen LogP contribution in [-0.4, -0.2) is 49.9 Å². The van der Waals surface area contributed by atoms with Gasteiger partial charge in [0, 0.05) is 19.1 Å². The number of hydrogen-bond acceptors (Lipinski definition) is 4. The van der Waals surface area contributed by atoms with E-state index in [4.69, 9.17) is 5.73 Å². The van der Waals surface area contributed by atoms with Gasteiger partial charge in [-0.1, -0.05) is 12.2 Å². The molecule has 0 radical (unpaired) electrons. The molecule has 2 aliphatic rings. The molecule has 0 aromatic heterocycles. The van der Waals surface area contributed by atoms with E-state index in [1.54, 1.807) is 4.90 Å². The third-order valence-electron chi connectivity index (χ3n) is 3.09. The monoisotopic (exact) mass is 244 g/mol. The van der Waals surface area contributed by atoms with Gasteiger partial charge >= 0.3 is 0 Å². The van der Waals surface area contributed by atoms with Crippen molar-refractivity contribution in [2.24, 2.45) is 11.7 Å². The van der Waals surface area contributed by atoms with Crippen molar-refractivity contribution < 1.29 is 13.2 Å². The zero-order valence-corrected chi connectivity index (χ0v) is 9.82. The average Bonchev–Trinajstić information content (AvgIpc) is 2.64. The van der Waals surface area contributed by atoms with Gasteiger partial charge in [-0.25, -0.2) is 8.42 Å². The number of rotatable bonds is 1. The smallest absolute Gasteiger partial charge is 0.229 e. The maximum atomic E-state index is 12.0. The molecule has 0 bridgehead atoms. The molecule has 1 aliphatic carbocycles. The van der Waals surface area contributed by atoms with Crippen LogP contribution in [-0.2, 0) is 14.6 Å². The van der Waals surface area contributed by atoms with Gasteiger partial charge in [0.15, 0.2) is 9.84 Å². The molecule has 0 aromatic rings. The Kier molecular flexibility index (Phi) is 3.03. The first-order valence-electron chi connectivity index (χ1n) is 5.41. The average molecular weight is 244 g/mol.